The predicted molar refractivity (Wildman–Crippen MR) is 83.4 cm³/mol. The van der Waals surface area contributed by atoms with Crippen molar-refractivity contribution in [3.63, 3.8) is 0 Å². The summed E-state index contributed by atoms with van der Waals surface area (Å²) in [6.45, 7) is 6.26. The second-order valence-corrected chi connectivity index (χ2v) is 5.62. The van der Waals surface area contributed by atoms with Crippen LogP contribution in [-0.2, 0) is 4.74 Å². The van der Waals surface area contributed by atoms with Crippen LogP contribution in [0.2, 0.25) is 0 Å². The van der Waals surface area contributed by atoms with Gasteiger partial charge in [0, 0.05) is 25.9 Å². The third kappa shape index (κ3) is 5.01. The van der Waals surface area contributed by atoms with E-state index < -0.39 is 0 Å². The first-order valence-electron chi connectivity index (χ1n) is 7.78. The molecule has 5 heteroatoms. The van der Waals surface area contributed by atoms with Gasteiger partial charge in [-0.2, -0.15) is 0 Å². The number of carbonyl (C=O) groups is 1. The molecule has 1 saturated heterocycles. The predicted octanol–water partition coefficient (Wildman–Crippen LogP) is 3.20. The lowest BCUT2D eigenvalue weighted by Crippen LogP contribution is -2.42. The Kier molecular flexibility index (Phi) is 5.99. The van der Waals surface area contributed by atoms with Crippen molar-refractivity contribution in [1.29, 1.82) is 0 Å². The average Bonchev–Trinajstić information content (AvgIpc) is 2.48. The van der Waals surface area contributed by atoms with Gasteiger partial charge in [0.1, 0.15) is 0 Å². The van der Waals surface area contributed by atoms with E-state index in [1.807, 2.05) is 17.9 Å². The molecule has 1 aliphatic rings. The van der Waals surface area contributed by atoms with Crippen molar-refractivity contribution in [2.45, 2.75) is 45.6 Å². The van der Waals surface area contributed by atoms with Gasteiger partial charge in [0.25, 0.3) is 0 Å². The molecule has 1 fully saturated rings. The number of ether oxygens (including phenoxy) is 1. The van der Waals surface area contributed by atoms with Gasteiger partial charge in [-0.15, -0.1) is 0 Å². The smallest absolute Gasteiger partial charge is 0.321 e. The maximum Gasteiger partial charge on any atom is 0.321 e. The summed E-state index contributed by atoms with van der Waals surface area (Å²) >= 11 is 0. The zero-order chi connectivity index (χ0) is 15.1. The van der Waals surface area contributed by atoms with Gasteiger partial charge in [0.05, 0.1) is 18.0 Å². The maximum absolute atomic E-state index is 12.4. The highest BCUT2D eigenvalue weighted by Crippen LogP contribution is 2.15. The van der Waals surface area contributed by atoms with Gasteiger partial charge < -0.3 is 15.0 Å². The van der Waals surface area contributed by atoms with Crippen LogP contribution in [0.1, 0.15) is 38.2 Å². The molecule has 0 aliphatic carbocycles. The molecule has 1 aromatic rings. The summed E-state index contributed by atoms with van der Waals surface area (Å²) in [6.07, 6.45) is 7.92. The van der Waals surface area contributed by atoms with E-state index in [-0.39, 0.29) is 12.1 Å². The van der Waals surface area contributed by atoms with E-state index in [1.165, 1.54) is 6.42 Å². The Labute approximate surface area is 126 Å². The Bertz CT molecular complexity index is 459. The Morgan fingerprint density at radius 1 is 1.48 bits per heavy atom. The van der Waals surface area contributed by atoms with Gasteiger partial charge >= 0.3 is 6.03 Å². The lowest BCUT2D eigenvalue weighted by Gasteiger charge is -2.29. The molecule has 2 rings (SSSR count). The normalized spacial score (nSPS) is 18.3. The number of carbonyl (C=O) groups excluding carboxylic acids is 1. The monoisotopic (exact) mass is 291 g/mol. The fraction of sp³-hybridized carbons (Fsp3) is 0.625. The molecule has 1 N–H and O–H groups in total. The molecule has 0 radical (unpaired) electrons. The van der Waals surface area contributed by atoms with Crippen LogP contribution in [0.4, 0.5) is 10.5 Å². The molecule has 21 heavy (non-hydrogen) atoms. The van der Waals surface area contributed by atoms with Crippen LogP contribution < -0.4 is 5.32 Å². The Hall–Kier alpha value is -1.62. The van der Waals surface area contributed by atoms with Crippen LogP contribution in [0.25, 0.3) is 0 Å². The lowest BCUT2D eigenvalue weighted by atomic mass is 10.1. The molecule has 2 heterocycles. The molecule has 1 atom stereocenters. The minimum atomic E-state index is -0.0709. The van der Waals surface area contributed by atoms with Crippen LogP contribution in [0.3, 0.4) is 0 Å². The molecule has 116 valence electrons. The SMILES string of the molecule is CCCN(CC1CCCCO1)C(=O)Nc1cncc(C)c1. The zero-order valence-corrected chi connectivity index (χ0v) is 13.0. The van der Waals surface area contributed by atoms with E-state index in [0.717, 1.165) is 43.7 Å². The van der Waals surface area contributed by atoms with Crippen LogP contribution in [0.5, 0.6) is 0 Å². The van der Waals surface area contributed by atoms with Gasteiger partial charge in [-0.25, -0.2) is 4.79 Å². The van der Waals surface area contributed by atoms with E-state index in [2.05, 4.69) is 17.2 Å². The molecule has 1 aromatic heterocycles. The highest BCUT2D eigenvalue weighted by atomic mass is 16.5. The van der Waals surface area contributed by atoms with Crippen molar-refractivity contribution in [2.75, 3.05) is 25.0 Å². The number of anilines is 1. The zero-order valence-electron chi connectivity index (χ0n) is 13.0. The summed E-state index contributed by atoms with van der Waals surface area (Å²) in [5, 5.41) is 2.93. The molecular weight excluding hydrogens is 266 g/mol. The summed E-state index contributed by atoms with van der Waals surface area (Å²) in [6, 6.07) is 1.85. The number of nitrogens with one attached hydrogen (secondary N) is 1. The fourth-order valence-electron chi connectivity index (χ4n) is 2.57. The van der Waals surface area contributed by atoms with Crippen molar-refractivity contribution >= 4 is 11.7 Å². The van der Waals surface area contributed by atoms with E-state index in [9.17, 15) is 4.79 Å². The minimum Gasteiger partial charge on any atom is -0.376 e. The number of rotatable bonds is 5. The number of amides is 2. The first kappa shape index (κ1) is 15.8. The Morgan fingerprint density at radius 2 is 2.33 bits per heavy atom. The second-order valence-electron chi connectivity index (χ2n) is 5.62. The van der Waals surface area contributed by atoms with Crippen LogP contribution in [0.15, 0.2) is 18.5 Å². The number of aromatic nitrogens is 1. The highest BCUT2D eigenvalue weighted by molar-refractivity contribution is 5.89. The fourth-order valence-corrected chi connectivity index (χ4v) is 2.57. The molecule has 5 nitrogen and oxygen atoms in total. The molecule has 0 aromatic carbocycles. The number of hydrogen-bond acceptors (Lipinski definition) is 3. The van der Waals surface area contributed by atoms with Crippen LogP contribution in [0, 0.1) is 6.92 Å². The first-order valence-corrected chi connectivity index (χ1v) is 7.78. The Balaban J connectivity index is 1.94. The topological polar surface area (TPSA) is 54.5 Å². The minimum absolute atomic E-state index is 0.0709. The van der Waals surface area contributed by atoms with E-state index in [1.54, 1.807) is 12.4 Å². The standard InChI is InChI=1S/C16H25N3O2/c1-3-7-19(12-15-6-4-5-8-21-15)16(20)18-14-9-13(2)10-17-11-14/h9-11,15H,3-8,12H2,1-2H3,(H,18,20). The van der Waals surface area contributed by atoms with Gasteiger partial charge in [0.15, 0.2) is 0 Å². The maximum atomic E-state index is 12.4. The second kappa shape index (κ2) is 7.98. The molecular formula is C16H25N3O2. The quantitative estimate of drug-likeness (QED) is 0.906. The first-order chi connectivity index (χ1) is 10.2. The number of nitrogens with zero attached hydrogens (tertiary/aromatic N) is 2. The molecule has 2 amide bonds. The molecule has 0 bridgehead atoms. The molecule has 1 unspecified atom stereocenters. The van der Waals surface area contributed by atoms with Crippen molar-refractivity contribution in [1.82, 2.24) is 9.88 Å². The van der Waals surface area contributed by atoms with Crippen molar-refractivity contribution in [2.24, 2.45) is 0 Å². The highest BCUT2D eigenvalue weighted by Gasteiger charge is 2.21. The Morgan fingerprint density at radius 3 is 3.00 bits per heavy atom. The third-order valence-corrected chi connectivity index (χ3v) is 3.60. The van der Waals surface area contributed by atoms with Crippen LogP contribution >= 0.6 is 0 Å². The molecule has 0 spiro atoms. The lowest BCUT2D eigenvalue weighted by molar-refractivity contribution is 0.00161. The van der Waals surface area contributed by atoms with Gasteiger partial charge in [-0.1, -0.05) is 6.92 Å². The number of hydrogen-bond donors (Lipinski definition) is 1. The van der Waals surface area contributed by atoms with Gasteiger partial charge in [-0.3, -0.25) is 4.98 Å². The summed E-state index contributed by atoms with van der Waals surface area (Å²) < 4.78 is 5.74. The van der Waals surface area contributed by atoms with E-state index in [0.29, 0.717) is 6.54 Å². The molecule has 0 saturated carbocycles. The van der Waals surface area contributed by atoms with Gasteiger partial charge in [-0.05, 0) is 44.2 Å². The summed E-state index contributed by atoms with van der Waals surface area (Å²) in [7, 11) is 0. The van der Waals surface area contributed by atoms with Crippen LogP contribution in [-0.4, -0.2) is 41.7 Å². The summed E-state index contributed by atoms with van der Waals surface area (Å²) in [5.74, 6) is 0. The number of pyridine rings is 1. The van der Waals surface area contributed by atoms with Crippen molar-refractivity contribution in [3.8, 4) is 0 Å². The van der Waals surface area contributed by atoms with E-state index >= 15 is 0 Å². The third-order valence-electron chi connectivity index (χ3n) is 3.60. The summed E-state index contributed by atoms with van der Waals surface area (Å²) in [5.41, 5.74) is 1.77. The largest absolute Gasteiger partial charge is 0.376 e. The number of urea groups is 1. The summed E-state index contributed by atoms with van der Waals surface area (Å²) in [4.78, 5) is 18.4. The molecule has 1 aliphatic heterocycles. The van der Waals surface area contributed by atoms with Gasteiger partial charge in [0.2, 0.25) is 0 Å². The average molecular weight is 291 g/mol. The van der Waals surface area contributed by atoms with E-state index in [4.69, 9.17) is 4.74 Å². The van der Waals surface area contributed by atoms with Crippen molar-refractivity contribution < 1.29 is 9.53 Å². The number of aryl methyl sites for hydroxylation is 1. The van der Waals surface area contributed by atoms with Crippen molar-refractivity contribution in [3.05, 3.63) is 24.0 Å².